The Morgan fingerprint density at radius 3 is 2.88 bits per heavy atom. The van der Waals surface area contributed by atoms with Crippen LogP contribution in [-0.2, 0) is 4.74 Å². The lowest BCUT2D eigenvalue weighted by Gasteiger charge is -2.12. The number of hydrogen-bond donors (Lipinski definition) is 2. The topological polar surface area (TPSA) is 84.3 Å². The van der Waals surface area contributed by atoms with Gasteiger partial charge in [-0.15, -0.1) is 0 Å². The van der Waals surface area contributed by atoms with Gasteiger partial charge in [-0.3, -0.25) is 14.3 Å². The maximum absolute atomic E-state index is 13.0. The first-order chi connectivity index (χ1) is 7.49. The molecular formula is C9H11FN2O4. The highest BCUT2D eigenvalue weighted by atomic mass is 19.1. The normalized spacial score (nSPS) is 29.6. The Morgan fingerprint density at radius 2 is 2.31 bits per heavy atom. The Morgan fingerprint density at radius 1 is 1.62 bits per heavy atom. The second-order valence-electron chi connectivity index (χ2n) is 3.74. The molecule has 88 valence electrons. The zero-order chi connectivity index (χ0) is 11.9. The number of H-pyrrole nitrogens is 1. The molecule has 1 aromatic rings. The molecule has 0 bridgehead atoms. The third-order valence-corrected chi connectivity index (χ3v) is 2.59. The lowest BCUT2D eigenvalue weighted by molar-refractivity contribution is -0.0105. The largest absolute Gasteiger partial charge is 0.390 e. The molecule has 0 unspecified atom stereocenters. The standard InChI is InChI=1S/C9H11FN2O4/c1-4-6(13)2-7(16-4)12-3-5(10)8(14)11-9(12)15/h3-4,6-7,13H,2H2,1H3,(H,11,14,15)/t4-,6-,7-/m1/s1. The van der Waals surface area contributed by atoms with E-state index in [9.17, 15) is 19.1 Å². The van der Waals surface area contributed by atoms with E-state index in [-0.39, 0.29) is 6.42 Å². The van der Waals surface area contributed by atoms with Crippen molar-refractivity contribution < 1.29 is 14.2 Å². The van der Waals surface area contributed by atoms with Gasteiger partial charge in [0.1, 0.15) is 6.23 Å². The van der Waals surface area contributed by atoms with Crippen molar-refractivity contribution in [3.05, 3.63) is 32.9 Å². The molecular weight excluding hydrogens is 219 g/mol. The maximum atomic E-state index is 13.0. The van der Waals surface area contributed by atoms with Gasteiger partial charge in [-0.1, -0.05) is 0 Å². The Balaban J connectivity index is 2.39. The van der Waals surface area contributed by atoms with E-state index in [0.29, 0.717) is 0 Å². The molecule has 1 fully saturated rings. The highest BCUT2D eigenvalue weighted by molar-refractivity contribution is 4.90. The number of nitrogens with one attached hydrogen (secondary N) is 1. The summed E-state index contributed by atoms with van der Waals surface area (Å²) in [6.07, 6.45) is -0.897. The van der Waals surface area contributed by atoms with Crippen LogP contribution < -0.4 is 11.2 Å². The number of aliphatic hydroxyl groups excluding tert-OH is 1. The molecule has 0 amide bonds. The van der Waals surface area contributed by atoms with Crippen molar-refractivity contribution >= 4 is 0 Å². The molecule has 0 aromatic carbocycles. The molecule has 0 spiro atoms. The SMILES string of the molecule is C[C@H]1O[C@@H](n2cc(F)c(=O)[nH]c2=O)C[C@H]1O. The summed E-state index contributed by atoms with van der Waals surface area (Å²) in [4.78, 5) is 24.0. The third kappa shape index (κ3) is 1.79. The fourth-order valence-electron chi connectivity index (χ4n) is 1.65. The van der Waals surface area contributed by atoms with E-state index in [1.165, 1.54) is 0 Å². The zero-order valence-electron chi connectivity index (χ0n) is 8.51. The number of nitrogens with zero attached hydrogens (tertiary/aromatic N) is 1. The molecule has 0 radical (unpaired) electrons. The first-order valence-corrected chi connectivity index (χ1v) is 4.83. The summed E-state index contributed by atoms with van der Waals surface area (Å²) in [5, 5.41) is 9.44. The molecule has 1 aliphatic rings. The van der Waals surface area contributed by atoms with Crippen molar-refractivity contribution in [3.8, 4) is 0 Å². The van der Waals surface area contributed by atoms with Crippen LogP contribution in [0.4, 0.5) is 4.39 Å². The number of rotatable bonds is 1. The summed E-state index contributed by atoms with van der Waals surface area (Å²) < 4.78 is 19.2. The van der Waals surface area contributed by atoms with Crippen LogP contribution in [0.2, 0.25) is 0 Å². The molecule has 2 N–H and O–H groups in total. The highest BCUT2D eigenvalue weighted by Crippen LogP contribution is 2.26. The van der Waals surface area contributed by atoms with E-state index in [0.717, 1.165) is 10.8 Å². The van der Waals surface area contributed by atoms with Gasteiger partial charge in [0.05, 0.1) is 18.4 Å². The molecule has 1 aromatic heterocycles. The van der Waals surface area contributed by atoms with Gasteiger partial charge in [0, 0.05) is 6.42 Å². The summed E-state index contributed by atoms with van der Waals surface area (Å²) in [5.41, 5.74) is -1.81. The van der Waals surface area contributed by atoms with Crippen molar-refractivity contribution in [1.29, 1.82) is 0 Å². The number of hydrogen-bond acceptors (Lipinski definition) is 4. The fourth-order valence-corrected chi connectivity index (χ4v) is 1.65. The van der Waals surface area contributed by atoms with Crippen molar-refractivity contribution in [2.75, 3.05) is 0 Å². The van der Waals surface area contributed by atoms with Gasteiger partial charge in [0.2, 0.25) is 5.82 Å². The number of halogens is 1. The molecule has 7 heteroatoms. The predicted octanol–water partition coefficient (Wildman–Crippen LogP) is -0.656. The molecule has 3 atom stereocenters. The van der Waals surface area contributed by atoms with Gasteiger partial charge >= 0.3 is 5.69 Å². The van der Waals surface area contributed by atoms with Gasteiger partial charge in [-0.2, -0.15) is 4.39 Å². The van der Waals surface area contributed by atoms with E-state index in [1.54, 1.807) is 6.92 Å². The summed E-state index contributed by atoms with van der Waals surface area (Å²) in [7, 11) is 0. The Hall–Kier alpha value is -1.47. The predicted molar refractivity (Wildman–Crippen MR) is 51.5 cm³/mol. The molecule has 0 aliphatic carbocycles. The average Bonchev–Trinajstić information content (AvgIpc) is 2.53. The molecule has 2 heterocycles. The second-order valence-corrected chi connectivity index (χ2v) is 3.74. The fraction of sp³-hybridized carbons (Fsp3) is 0.556. The molecule has 1 saturated heterocycles. The molecule has 1 aliphatic heterocycles. The van der Waals surface area contributed by atoms with Crippen LogP contribution in [0.1, 0.15) is 19.6 Å². The van der Waals surface area contributed by atoms with Crippen LogP contribution in [0, 0.1) is 5.82 Å². The van der Waals surface area contributed by atoms with Crippen LogP contribution >= 0.6 is 0 Å². The van der Waals surface area contributed by atoms with Gasteiger partial charge in [0.15, 0.2) is 0 Å². The van der Waals surface area contributed by atoms with Crippen molar-refractivity contribution in [1.82, 2.24) is 9.55 Å². The quantitative estimate of drug-likeness (QED) is 0.671. The average molecular weight is 230 g/mol. The van der Waals surface area contributed by atoms with Crippen molar-refractivity contribution in [3.63, 3.8) is 0 Å². The first-order valence-electron chi connectivity index (χ1n) is 4.83. The Kier molecular flexibility index (Phi) is 2.64. The van der Waals surface area contributed by atoms with Crippen LogP contribution in [0.15, 0.2) is 15.8 Å². The lowest BCUT2D eigenvalue weighted by atomic mass is 10.2. The van der Waals surface area contributed by atoms with E-state index in [1.807, 2.05) is 4.98 Å². The van der Waals surface area contributed by atoms with Crippen LogP contribution in [0.25, 0.3) is 0 Å². The highest BCUT2D eigenvalue weighted by Gasteiger charge is 2.32. The van der Waals surface area contributed by atoms with Gasteiger partial charge in [-0.05, 0) is 6.92 Å². The monoisotopic (exact) mass is 230 g/mol. The first kappa shape index (κ1) is 11.0. The van der Waals surface area contributed by atoms with E-state index >= 15 is 0 Å². The second kappa shape index (κ2) is 3.84. The molecule has 6 nitrogen and oxygen atoms in total. The van der Waals surface area contributed by atoms with E-state index < -0.39 is 35.5 Å². The van der Waals surface area contributed by atoms with Crippen molar-refractivity contribution in [2.45, 2.75) is 31.8 Å². The Bertz CT molecular complexity index is 499. The van der Waals surface area contributed by atoms with Crippen molar-refractivity contribution in [2.24, 2.45) is 0 Å². The number of aromatic nitrogens is 2. The summed E-state index contributed by atoms with van der Waals surface area (Å²) in [6.45, 7) is 1.65. The van der Waals surface area contributed by atoms with Crippen LogP contribution in [0.3, 0.4) is 0 Å². The summed E-state index contributed by atoms with van der Waals surface area (Å²) >= 11 is 0. The summed E-state index contributed by atoms with van der Waals surface area (Å²) in [5.74, 6) is -1.06. The van der Waals surface area contributed by atoms with Gasteiger partial charge < -0.3 is 9.84 Å². The number of aromatic amines is 1. The minimum absolute atomic E-state index is 0.187. The molecule has 0 saturated carbocycles. The summed E-state index contributed by atoms with van der Waals surface area (Å²) in [6, 6.07) is 0. The number of ether oxygens (including phenoxy) is 1. The number of aliphatic hydroxyl groups is 1. The lowest BCUT2D eigenvalue weighted by Crippen LogP contribution is -2.33. The van der Waals surface area contributed by atoms with Gasteiger partial charge in [0.25, 0.3) is 5.56 Å². The third-order valence-electron chi connectivity index (χ3n) is 2.59. The van der Waals surface area contributed by atoms with E-state index in [2.05, 4.69) is 0 Å². The smallest absolute Gasteiger partial charge is 0.330 e. The Labute approximate surface area is 89.3 Å². The minimum Gasteiger partial charge on any atom is -0.390 e. The zero-order valence-corrected chi connectivity index (χ0v) is 8.51. The van der Waals surface area contributed by atoms with Gasteiger partial charge in [-0.25, -0.2) is 4.79 Å². The molecule has 16 heavy (non-hydrogen) atoms. The minimum atomic E-state index is -1.06. The maximum Gasteiger partial charge on any atom is 0.330 e. The van der Waals surface area contributed by atoms with Crippen LogP contribution in [-0.4, -0.2) is 26.9 Å². The molecule has 2 rings (SSSR count). The van der Waals surface area contributed by atoms with E-state index in [4.69, 9.17) is 4.74 Å². The van der Waals surface area contributed by atoms with Crippen LogP contribution in [0.5, 0.6) is 0 Å².